The van der Waals surface area contributed by atoms with E-state index in [0.29, 0.717) is 5.84 Å². The maximum absolute atomic E-state index is 5.36. The van der Waals surface area contributed by atoms with Gasteiger partial charge in [-0.3, -0.25) is 0 Å². The lowest BCUT2D eigenvalue weighted by atomic mass is 9.93. The first-order chi connectivity index (χ1) is 19.6. The summed E-state index contributed by atoms with van der Waals surface area (Å²) in [5.74, 6) is 3.02. The van der Waals surface area contributed by atoms with Crippen LogP contribution in [0.5, 0.6) is 5.75 Å². The van der Waals surface area contributed by atoms with Gasteiger partial charge in [0.05, 0.1) is 35.9 Å². The normalized spacial score (nSPS) is 15.4. The summed E-state index contributed by atoms with van der Waals surface area (Å²) in [6.07, 6.45) is 0. The van der Waals surface area contributed by atoms with Gasteiger partial charge in [-0.1, -0.05) is 60.2 Å². The summed E-state index contributed by atoms with van der Waals surface area (Å²) < 4.78 is 7.31. The molecule has 7 nitrogen and oxygen atoms in total. The molecular formula is C33H28N6O. The van der Waals surface area contributed by atoms with Crippen LogP contribution in [0, 0.1) is 13.8 Å². The minimum atomic E-state index is -0.146. The number of aromatic nitrogens is 2. The summed E-state index contributed by atoms with van der Waals surface area (Å²) in [7, 11) is 1.67. The van der Waals surface area contributed by atoms with E-state index < -0.39 is 0 Å². The number of benzene rings is 4. The van der Waals surface area contributed by atoms with Crippen molar-refractivity contribution in [2.45, 2.75) is 19.9 Å². The predicted octanol–water partition coefficient (Wildman–Crippen LogP) is 7.29. The van der Waals surface area contributed by atoms with Crippen LogP contribution in [0.25, 0.3) is 5.69 Å². The van der Waals surface area contributed by atoms with Crippen molar-refractivity contribution in [2.24, 2.45) is 9.98 Å². The molecule has 5 aromatic rings. The highest BCUT2D eigenvalue weighted by Crippen LogP contribution is 2.48. The summed E-state index contributed by atoms with van der Waals surface area (Å²) in [6, 6.07) is 34.8. The van der Waals surface area contributed by atoms with Crippen molar-refractivity contribution in [1.29, 1.82) is 0 Å². The SMILES string of the molecule is COc1ccc(NC2=Nc3ccccc3N3C2=Nc2c(c(C)nn2-c2ccc(C)cc2)[C@@H]3c2ccccc2)cc1. The Balaban J connectivity index is 1.47. The van der Waals surface area contributed by atoms with Crippen molar-refractivity contribution in [3.05, 3.63) is 126 Å². The Labute approximate surface area is 233 Å². The van der Waals surface area contributed by atoms with Crippen molar-refractivity contribution in [3.8, 4) is 11.4 Å². The van der Waals surface area contributed by atoms with Gasteiger partial charge in [-0.15, -0.1) is 0 Å². The summed E-state index contributed by atoms with van der Waals surface area (Å²) in [4.78, 5) is 12.7. The number of nitrogens with zero attached hydrogens (tertiary/aromatic N) is 5. The molecule has 1 atom stereocenters. The molecule has 7 rings (SSSR count). The van der Waals surface area contributed by atoms with Crippen LogP contribution in [-0.4, -0.2) is 28.6 Å². The first kappa shape index (κ1) is 23.9. The van der Waals surface area contributed by atoms with Crippen molar-refractivity contribution in [3.63, 3.8) is 0 Å². The number of hydrogen-bond acceptors (Lipinski definition) is 6. The zero-order valence-corrected chi connectivity index (χ0v) is 22.5. The molecule has 196 valence electrons. The number of ether oxygens (including phenoxy) is 1. The highest BCUT2D eigenvalue weighted by Gasteiger charge is 2.41. The first-order valence-corrected chi connectivity index (χ1v) is 13.3. The first-order valence-electron chi connectivity index (χ1n) is 13.3. The van der Waals surface area contributed by atoms with Crippen molar-refractivity contribution in [1.82, 2.24) is 9.78 Å². The number of aryl methyl sites for hydroxylation is 2. The Kier molecular flexibility index (Phi) is 5.70. The summed E-state index contributed by atoms with van der Waals surface area (Å²) >= 11 is 0. The molecule has 0 fully saturated rings. The van der Waals surface area contributed by atoms with Gasteiger partial charge in [-0.05, 0) is 67.9 Å². The second kappa shape index (κ2) is 9.54. The molecule has 7 heteroatoms. The summed E-state index contributed by atoms with van der Waals surface area (Å²) in [5, 5.41) is 8.56. The lowest BCUT2D eigenvalue weighted by Gasteiger charge is -2.40. The number of aliphatic imine (C=N–C) groups is 2. The predicted molar refractivity (Wildman–Crippen MR) is 161 cm³/mol. The van der Waals surface area contributed by atoms with Gasteiger partial charge in [0, 0.05) is 11.3 Å². The van der Waals surface area contributed by atoms with Gasteiger partial charge in [0.1, 0.15) is 5.75 Å². The monoisotopic (exact) mass is 524 g/mol. The van der Waals surface area contributed by atoms with Gasteiger partial charge in [-0.2, -0.15) is 5.10 Å². The topological polar surface area (TPSA) is 67.0 Å². The third-order valence-corrected chi connectivity index (χ3v) is 7.38. The number of anilines is 2. The average molecular weight is 525 g/mol. The number of hydrogen-bond donors (Lipinski definition) is 1. The van der Waals surface area contributed by atoms with Crippen molar-refractivity contribution >= 4 is 34.6 Å². The number of methoxy groups -OCH3 is 1. The Morgan fingerprint density at radius 1 is 0.775 bits per heavy atom. The van der Waals surface area contributed by atoms with E-state index in [-0.39, 0.29) is 6.04 Å². The van der Waals surface area contributed by atoms with Gasteiger partial charge in [0.2, 0.25) is 0 Å². The maximum Gasteiger partial charge on any atom is 0.179 e. The molecule has 0 unspecified atom stereocenters. The molecule has 2 aliphatic heterocycles. The molecule has 0 spiro atoms. The van der Waals surface area contributed by atoms with Gasteiger partial charge in [0.25, 0.3) is 0 Å². The largest absolute Gasteiger partial charge is 0.497 e. The zero-order valence-electron chi connectivity index (χ0n) is 22.5. The lowest BCUT2D eigenvalue weighted by Crippen LogP contribution is -2.46. The second-order valence-corrected chi connectivity index (χ2v) is 9.99. The molecule has 0 amide bonds. The number of amidine groups is 2. The second-order valence-electron chi connectivity index (χ2n) is 9.99. The van der Waals surface area contributed by atoms with Crippen LogP contribution in [0.15, 0.2) is 113 Å². The van der Waals surface area contributed by atoms with Gasteiger partial charge >= 0.3 is 0 Å². The Morgan fingerprint density at radius 2 is 1.50 bits per heavy atom. The van der Waals surface area contributed by atoms with E-state index in [0.717, 1.165) is 57.0 Å². The van der Waals surface area contributed by atoms with Gasteiger partial charge < -0.3 is 15.0 Å². The molecule has 0 saturated heterocycles. The third-order valence-electron chi connectivity index (χ3n) is 7.38. The van der Waals surface area contributed by atoms with Crippen LogP contribution in [0.3, 0.4) is 0 Å². The molecule has 40 heavy (non-hydrogen) atoms. The van der Waals surface area contributed by atoms with E-state index in [1.807, 2.05) is 53.2 Å². The van der Waals surface area contributed by atoms with Crippen LogP contribution in [-0.2, 0) is 0 Å². The standard InChI is InChI=1S/C33H28N6O/c1-21-13-17-25(18-14-21)39-32-29(22(2)37-39)30(23-9-5-4-6-10-23)38-28-12-8-7-11-27(28)35-31(33(38)36-32)34-24-15-19-26(40-3)20-16-24/h4-20,30H,1-3H3,(H,34,35)/t30-/m0/s1. The highest BCUT2D eigenvalue weighted by molar-refractivity contribution is 6.51. The molecule has 3 heterocycles. The van der Waals surface area contributed by atoms with Crippen LogP contribution >= 0.6 is 0 Å². The van der Waals surface area contributed by atoms with Crippen LogP contribution in [0.2, 0.25) is 0 Å². The molecule has 0 bridgehead atoms. The molecule has 0 radical (unpaired) electrons. The Hall–Kier alpha value is -5.17. The lowest BCUT2D eigenvalue weighted by molar-refractivity contribution is 0.415. The Bertz CT molecular complexity index is 1770. The number of nitrogens with one attached hydrogen (secondary N) is 1. The molecule has 4 aromatic carbocycles. The molecule has 0 saturated carbocycles. The van der Waals surface area contributed by atoms with Crippen LogP contribution in [0.4, 0.5) is 22.9 Å². The van der Waals surface area contributed by atoms with E-state index >= 15 is 0 Å². The van der Waals surface area contributed by atoms with E-state index in [9.17, 15) is 0 Å². The number of fused-ring (bicyclic) bond motifs is 4. The van der Waals surface area contributed by atoms with Crippen molar-refractivity contribution < 1.29 is 4.74 Å². The van der Waals surface area contributed by atoms with Gasteiger partial charge in [-0.25, -0.2) is 14.7 Å². The van der Waals surface area contributed by atoms with E-state index in [1.54, 1.807) is 7.11 Å². The molecular weight excluding hydrogens is 496 g/mol. The van der Waals surface area contributed by atoms with Gasteiger partial charge in [0.15, 0.2) is 17.5 Å². The molecule has 1 aromatic heterocycles. The average Bonchev–Trinajstić information content (AvgIpc) is 3.33. The molecule has 2 aliphatic rings. The summed E-state index contributed by atoms with van der Waals surface area (Å²) in [5.41, 5.74) is 8.12. The van der Waals surface area contributed by atoms with Crippen LogP contribution in [0.1, 0.15) is 28.4 Å². The number of para-hydroxylation sites is 2. The number of rotatable bonds is 4. The fourth-order valence-electron chi connectivity index (χ4n) is 5.43. The molecule has 1 N–H and O–H groups in total. The van der Waals surface area contributed by atoms with Crippen LogP contribution < -0.4 is 15.0 Å². The molecule has 0 aliphatic carbocycles. The fraction of sp³-hybridized carbons (Fsp3) is 0.121. The van der Waals surface area contributed by atoms with E-state index in [2.05, 4.69) is 78.7 Å². The minimum absolute atomic E-state index is 0.146. The van der Waals surface area contributed by atoms with E-state index in [1.165, 1.54) is 5.56 Å². The maximum atomic E-state index is 5.36. The summed E-state index contributed by atoms with van der Waals surface area (Å²) in [6.45, 7) is 4.16. The van der Waals surface area contributed by atoms with Crippen molar-refractivity contribution in [2.75, 3.05) is 17.3 Å². The quantitative estimate of drug-likeness (QED) is 0.268. The van der Waals surface area contributed by atoms with E-state index in [4.69, 9.17) is 19.8 Å². The highest BCUT2D eigenvalue weighted by atomic mass is 16.5. The third kappa shape index (κ3) is 3.94. The fourth-order valence-corrected chi connectivity index (χ4v) is 5.43. The zero-order chi connectivity index (χ0) is 27.2. The Morgan fingerprint density at radius 3 is 2.25 bits per heavy atom. The minimum Gasteiger partial charge on any atom is -0.497 e. The smallest absolute Gasteiger partial charge is 0.179 e.